The highest BCUT2D eigenvalue weighted by Gasteiger charge is 2.32. The third kappa shape index (κ3) is 1.99. The molecule has 1 aliphatic heterocycles. The number of carbonyl (C=O) groups excluding carboxylic acids is 1. The zero-order chi connectivity index (χ0) is 15.1. The van der Waals surface area contributed by atoms with Gasteiger partial charge in [-0.3, -0.25) is 14.6 Å². The molecule has 4 rings (SSSR count). The van der Waals surface area contributed by atoms with Crippen molar-refractivity contribution in [1.29, 1.82) is 0 Å². The largest absolute Gasteiger partial charge is 0.331 e. The SMILES string of the molecule is Cn1cc([C@H]2CCCN2C(=O)c2cccc3[nH]ncc23)cn1. The summed E-state index contributed by atoms with van der Waals surface area (Å²) in [5.74, 6) is 0.0679. The van der Waals surface area contributed by atoms with Gasteiger partial charge >= 0.3 is 0 Å². The van der Waals surface area contributed by atoms with E-state index in [4.69, 9.17) is 0 Å². The van der Waals surface area contributed by atoms with Crippen LogP contribution in [0.2, 0.25) is 0 Å². The van der Waals surface area contributed by atoms with E-state index in [0.717, 1.165) is 35.9 Å². The molecule has 1 aliphatic rings. The number of rotatable bonds is 2. The van der Waals surface area contributed by atoms with Crippen LogP contribution < -0.4 is 0 Å². The number of fused-ring (bicyclic) bond motifs is 1. The third-order valence-electron chi connectivity index (χ3n) is 4.34. The average molecular weight is 295 g/mol. The summed E-state index contributed by atoms with van der Waals surface area (Å²) in [6.45, 7) is 0.784. The lowest BCUT2D eigenvalue weighted by Crippen LogP contribution is -2.30. The zero-order valence-corrected chi connectivity index (χ0v) is 12.4. The second-order valence-corrected chi connectivity index (χ2v) is 5.74. The summed E-state index contributed by atoms with van der Waals surface area (Å²) >= 11 is 0. The maximum Gasteiger partial charge on any atom is 0.255 e. The number of nitrogens with one attached hydrogen (secondary N) is 1. The Labute approximate surface area is 127 Å². The van der Waals surface area contributed by atoms with Crippen LogP contribution in [-0.4, -0.2) is 37.3 Å². The molecule has 2 aromatic heterocycles. The van der Waals surface area contributed by atoms with E-state index in [1.54, 1.807) is 10.9 Å². The second kappa shape index (κ2) is 4.98. The molecule has 6 nitrogen and oxygen atoms in total. The Hall–Kier alpha value is -2.63. The zero-order valence-electron chi connectivity index (χ0n) is 12.4. The Balaban J connectivity index is 1.71. The molecular weight excluding hydrogens is 278 g/mol. The smallest absolute Gasteiger partial charge is 0.255 e. The minimum Gasteiger partial charge on any atom is -0.331 e. The number of aromatic nitrogens is 4. The van der Waals surface area contributed by atoms with Crippen LogP contribution in [0.1, 0.15) is 34.8 Å². The molecule has 0 radical (unpaired) electrons. The van der Waals surface area contributed by atoms with Gasteiger partial charge in [0, 0.05) is 30.7 Å². The summed E-state index contributed by atoms with van der Waals surface area (Å²) in [4.78, 5) is 15.0. The minimum absolute atomic E-state index is 0.0679. The summed E-state index contributed by atoms with van der Waals surface area (Å²) in [5.41, 5.74) is 2.71. The number of aromatic amines is 1. The number of likely N-dealkylation sites (tertiary alicyclic amines) is 1. The lowest BCUT2D eigenvalue weighted by atomic mass is 10.1. The quantitative estimate of drug-likeness (QED) is 0.788. The lowest BCUT2D eigenvalue weighted by molar-refractivity contribution is 0.0737. The maximum absolute atomic E-state index is 13.0. The van der Waals surface area contributed by atoms with Crippen molar-refractivity contribution in [2.24, 2.45) is 7.05 Å². The van der Waals surface area contributed by atoms with Gasteiger partial charge in [0.05, 0.1) is 29.5 Å². The van der Waals surface area contributed by atoms with Crippen LogP contribution in [-0.2, 0) is 7.05 Å². The Bertz CT molecular complexity index is 834. The molecule has 1 N–H and O–H groups in total. The van der Waals surface area contributed by atoms with E-state index >= 15 is 0 Å². The Morgan fingerprint density at radius 1 is 1.36 bits per heavy atom. The van der Waals surface area contributed by atoms with Crippen molar-refractivity contribution < 1.29 is 4.79 Å². The second-order valence-electron chi connectivity index (χ2n) is 5.74. The fourth-order valence-electron chi connectivity index (χ4n) is 3.28. The minimum atomic E-state index is 0.0679. The van der Waals surface area contributed by atoms with Gasteiger partial charge in [-0.2, -0.15) is 10.2 Å². The third-order valence-corrected chi connectivity index (χ3v) is 4.34. The molecule has 22 heavy (non-hydrogen) atoms. The molecule has 0 spiro atoms. The van der Waals surface area contributed by atoms with Gasteiger partial charge in [-0.15, -0.1) is 0 Å². The van der Waals surface area contributed by atoms with Crippen molar-refractivity contribution in [2.45, 2.75) is 18.9 Å². The van der Waals surface area contributed by atoms with Crippen LogP contribution in [0.15, 0.2) is 36.8 Å². The molecular formula is C16H17N5O. The number of amides is 1. The molecule has 0 saturated carbocycles. The van der Waals surface area contributed by atoms with Gasteiger partial charge in [0.15, 0.2) is 0 Å². The van der Waals surface area contributed by atoms with Crippen molar-refractivity contribution in [1.82, 2.24) is 24.9 Å². The van der Waals surface area contributed by atoms with E-state index in [1.807, 2.05) is 42.5 Å². The van der Waals surface area contributed by atoms with E-state index in [-0.39, 0.29) is 11.9 Å². The Kier molecular flexibility index (Phi) is 2.96. The number of nitrogens with zero attached hydrogens (tertiary/aromatic N) is 4. The number of aryl methyl sites for hydroxylation is 1. The van der Waals surface area contributed by atoms with Gasteiger partial charge in [-0.25, -0.2) is 0 Å². The van der Waals surface area contributed by atoms with Crippen LogP contribution in [0, 0.1) is 0 Å². The van der Waals surface area contributed by atoms with Crippen LogP contribution in [0.4, 0.5) is 0 Å². The van der Waals surface area contributed by atoms with E-state index < -0.39 is 0 Å². The molecule has 1 fully saturated rings. The van der Waals surface area contributed by atoms with Crippen LogP contribution >= 0.6 is 0 Å². The van der Waals surface area contributed by atoms with E-state index in [1.165, 1.54) is 0 Å². The summed E-state index contributed by atoms with van der Waals surface area (Å²) in [6, 6.07) is 5.81. The van der Waals surface area contributed by atoms with Gasteiger partial charge in [-0.05, 0) is 25.0 Å². The van der Waals surface area contributed by atoms with Crippen molar-refractivity contribution in [3.8, 4) is 0 Å². The average Bonchev–Trinajstić information content (AvgIpc) is 3.25. The topological polar surface area (TPSA) is 66.8 Å². The molecule has 1 atom stereocenters. The summed E-state index contributed by atoms with van der Waals surface area (Å²) in [6.07, 6.45) is 7.58. The predicted molar refractivity (Wildman–Crippen MR) is 82.3 cm³/mol. The first kappa shape index (κ1) is 13.1. The van der Waals surface area contributed by atoms with Gasteiger partial charge in [0.2, 0.25) is 0 Å². The molecule has 1 saturated heterocycles. The summed E-state index contributed by atoms with van der Waals surface area (Å²) in [7, 11) is 1.90. The first-order chi connectivity index (χ1) is 10.7. The lowest BCUT2D eigenvalue weighted by Gasteiger charge is -2.24. The molecule has 1 aromatic carbocycles. The van der Waals surface area contributed by atoms with Gasteiger partial charge in [0.1, 0.15) is 0 Å². The fraction of sp³-hybridized carbons (Fsp3) is 0.312. The summed E-state index contributed by atoms with van der Waals surface area (Å²) < 4.78 is 1.78. The van der Waals surface area contributed by atoms with Crippen molar-refractivity contribution >= 4 is 16.8 Å². The Morgan fingerprint density at radius 3 is 3.09 bits per heavy atom. The van der Waals surface area contributed by atoms with Crippen molar-refractivity contribution in [3.05, 3.63) is 47.9 Å². The molecule has 0 bridgehead atoms. The molecule has 3 aromatic rings. The summed E-state index contributed by atoms with van der Waals surface area (Å²) in [5, 5.41) is 12.1. The first-order valence-corrected chi connectivity index (χ1v) is 7.45. The van der Waals surface area contributed by atoms with Crippen molar-refractivity contribution in [3.63, 3.8) is 0 Å². The first-order valence-electron chi connectivity index (χ1n) is 7.45. The van der Waals surface area contributed by atoms with Crippen LogP contribution in [0.25, 0.3) is 10.9 Å². The van der Waals surface area contributed by atoms with Gasteiger partial charge in [-0.1, -0.05) is 6.07 Å². The maximum atomic E-state index is 13.0. The number of hydrogen-bond acceptors (Lipinski definition) is 3. The van der Waals surface area contributed by atoms with E-state index in [0.29, 0.717) is 5.56 Å². The molecule has 3 heterocycles. The molecule has 112 valence electrons. The highest BCUT2D eigenvalue weighted by molar-refractivity contribution is 6.06. The number of H-pyrrole nitrogens is 1. The predicted octanol–water partition coefficient (Wildman–Crippen LogP) is 2.27. The van der Waals surface area contributed by atoms with Crippen LogP contribution in [0.5, 0.6) is 0 Å². The molecule has 0 aliphatic carbocycles. The highest BCUT2D eigenvalue weighted by atomic mass is 16.2. The van der Waals surface area contributed by atoms with Crippen LogP contribution in [0.3, 0.4) is 0 Å². The standard InChI is InChI=1S/C16H17N5O/c1-20-10-11(8-18-20)15-6-3-7-21(15)16(22)12-4-2-5-14-13(12)9-17-19-14/h2,4-5,8-10,15H,3,6-7H2,1H3,(H,17,19)/t15-/m1/s1. The monoisotopic (exact) mass is 295 g/mol. The van der Waals surface area contributed by atoms with E-state index in [2.05, 4.69) is 15.3 Å². The molecule has 0 unspecified atom stereocenters. The normalized spacial score (nSPS) is 18.2. The van der Waals surface area contributed by atoms with Gasteiger partial charge in [0.25, 0.3) is 5.91 Å². The number of carbonyl (C=O) groups is 1. The molecule has 1 amide bonds. The molecule has 6 heteroatoms. The highest BCUT2D eigenvalue weighted by Crippen LogP contribution is 2.33. The fourth-order valence-corrected chi connectivity index (χ4v) is 3.28. The van der Waals surface area contributed by atoms with E-state index in [9.17, 15) is 4.79 Å². The van der Waals surface area contributed by atoms with Gasteiger partial charge < -0.3 is 4.90 Å². The Morgan fingerprint density at radius 2 is 2.27 bits per heavy atom. The number of hydrogen-bond donors (Lipinski definition) is 1. The number of benzene rings is 1. The van der Waals surface area contributed by atoms with Crippen molar-refractivity contribution in [2.75, 3.05) is 6.54 Å².